The molecule has 2 amide bonds. The number of benzene rings is 2. The van der Waals surface area contributed by atoms with Gasteiger partial charge in [0.25, 0.3) is 11.8 Å². The molecule has 0 bridgehead atoms. The topological polar surface area (TPSA) is 71.1 Å². The Morgan fingerprint density at radius 1 is 0.815 bits per heavy atom. The van der Waals surface area contributed by atoms with Crippen molar-refractivity contribution in [3.8, 4) is 0 Å². The van der Waals surface area contributed by atoms with Gasteiger partial charge in [0.15, 0.2) is 0 Å². The van der Waals surface area contributed by atoms with Gasteiger partial charge in [-0.3, -0.25) is 14.6 Å². The lowest BCUT2D eigenvalue weighted by atomic mass is 10.1. The van der Waals surface area contributed by atoms with Gasteiger partial charge in [-0.15, -0.1) is 0 Å². The molecule has 0 unspecified atom stereocenters. The molecule has 3 aromatic rings. The summed E-state index contributed by atoms with van der Waals surface area (Å²) in [4.78, 5) is 29.1. The Kier molecular flexibility index (Phi) is 5.52. The van der Waals surface area contributed by atoms with E-state index in [0.29, 0.717) is 22.0 Å². The molecule has 0 saturated carbocycles. The number of para-hydroxylation sites is 1. The number of carbonyl (C=O) groups is 2. The third-order valence-electron chi connectivity index (χ3n) is 4.10. The third kappa shape index (κ3) is 4.51. The Bertz CT molecular complexity index is 1020. The first-order valence-electron chi connectivity index (χ1n) is 8.33. The maximum absolute atomic E-state index is 12.5. The van der Waals surface area contributed by atoms with Crippen molar-refractivity contribution in [3.63, 3.8) is 0 Å². The number of aromatic nitrogens is 1. The molecule has 0 atom stereocenters. The second kappa shape index (κ2) is 8.01. The Morgan fingerprint density at radius 3 is 2.07 bits per heavy atom. The first-order valence-corrected chi connectivity index (χ1v) is 8.71. The number of anilines is 2. The van der Waals surface area contributed by atoms with Crippen LogP contribution in [0.4, 0.5) is 11.4 Å². The van der Waals surface area contributed by atoms with Crippen LogP contribution >= 0.6 is 11.6 Å². The van der Waals surface area contributed by atoms with Gasteiger partial charge in [0.05, 0.1) is 11.1 Å². The average molecular weight is 380 g/mol. The van der Waals surface area contributed by atoms with Crippen LogP contribution in [0.5, 0.6) is 0 Å². The van der Waals surface area contributed by atoms with E-state index in [-0.39, 0.29) is 17.4 Å². The highest BCUT2D eigenvalue weighted by atomic mass is 35.5. The van der Waals surface area contributed by atoms with Crippen LogP contribution in [0.15, 0.2) is 60.9 Å². The number of hydrogen-bond donors (Lipinski definition) is 2. The number of halogens is 1. The minimum absolute atomic E-state index is 0.284. The summed E-state index contributed by atoms with van der Waals surface area (Å²) in [5, 5.41) is 6.16. The van der Waals surface area contributed by atoms with Crippen molar-refractivity contribution in [2.45, 2.75) is 13.8 Å². The molecular formula is C21H18ClN3O2. The van der Waals surface area contributed by atoms with Gasteiger partial charge in [-0.2, -0.15) is 0 Å². The number of rotatable bonds is 4. The number of carbonyl (C=O) groups excluding carboxylic acids is 2. The lowest BCUT2D eigenvalue weighted by Gasteiger charge is -2.10. The van der Waals surface area contributed by atoms with Gasteiger partial charge in [-0.25, -0.2) is 0 Å². The molecule has 0 aliphatic rings. The maximum Gasteiger partial charge on any atom is 0.257 e. The monoisotopic (exact) mass is 379 g/mol. The molecule has 27 heavy (non-hydrogen) atoms. The average Bonchev–Trinajstić information content (AvgIpc) is 2.66. The summed E-state index contributed by atoms with van der Waals surface area (Å²) in [5.41, 5.74) is 3.74. The van der Waals surface area contributed by atoms with Crippen molar-refractivity contribution in [3.05, 3.63) is 88.2 Å². The van der Waals surface area contributed by atoms with E-state index in [0.717, 1.165) is 11.1 Å². The van der Waals surface area contributed by atoms with Crippen LogP contribution in [0.2, 0.25) is 5.02 Å². The maximum atomic E-state index is 12.5. The van der Waals surface area contributed by atoms with Crippen molar-refractivity contribution in [2.24, 2.45) is 0 Å². The SMILES string of the molecule is Cc1ccccc1NC(=O)c1cncc(C(=O)Nc2cc(Cl)ccc2C)c1. The Balaban J connectivity index is 1.78. The number of hydrogen-bond acceptors (Lipinski definition) is 3. The largest absolute Gasteiger partial charge is 0.322 e. The number of nitrogens with one attached hydrogen (secondary N) is 2. The van der Waals surface area contributed by atoms with E-state index in [9.17, 15) is 9.59 Å². The number of amides is 2. The van der Waals surface area contributed by atoms with E-state index in [1.165, 1.54) is 18.5 Å². The van der Waals surface area contributed by atoms with Crippen molar-refractivity contribution >= 4 is 34.8 Å². The summed E-state index contributed by atoms with van der Waals surface area (Å²) < 4.78 is 0. The molecule has 0 saturated heterocycles. The second-order valence-electron chi connectivity index (χ2n) is 6.14. The Labute approximate surface area is 162 Å². The van der Waals surface area contributed by atoms with E-state index >= 15 is 0 Å². The Hall–Kier alpha value is -3.18. The molecule has 3 rings (SSSR count). The molecule has 1 heterocycles. The van der Waals surface area contributed by atoms with Gasteiger partial charge in [0.2, 0.25) is 0 Å². The van der Waals surface area contributed by atoms with Gasteiger partial charge >= 0.3 is 0 Å². The van der Waals surface area contributed by atoms with E-state index in [4.69, 9.17) is 11.6 Å². The van der Waals surface area contributed by atoms with Crippen LogP contribution in [0.3, 0.4) is 0 Å². The number of nitrogens with zero attached hydrogens (tertiary/aromatic N) is 1. The highest BCUT2D eigenvalue weighted by molar-refractivity contribution is 6.31. The molecule has 2 aromatic carbocycles. The molecule has 0 radical (unpaired) electrons. The minimum Gasteiger partial charge on any atom is -0.322 e. The molecule has 5 nitrogen and oxygen atoms in total. The normalized spacial score (nSPS) is 10.3. The van der Waals surface area contributed by atoms with E-state index in [1.54, 1.807) is 12.1 Å². The molecule has 6 heteroatoms. The zero-order valence-electron chi connectivity index (χ0n) is 14.9. The van der Waals surface area contributed by atoms with Crippen LogP contribution in [0.25, 0.3) is 0 Å². The molecule has 136 valence electrons. The predicted octanol–water partition coefficient (Wildman–Crippen LogP) is 4.86. The van der Waals surface area contributed by atoms with Crippen LogP contribution in [0, 0.1) is 13.8 Å². The molecular weight excluding hydrogens is 362 g/mol. The van der Waals surface area contributed by atoms with E-state index < -0.39 is 0 Å². The summed E-state index contributed by atoms with van der Waals surface area (Å²) in [5.74, 6) is -0.691. The number of pyridine rings is 1. The summed E-state index contributed by atoms with van der Waals surface area (Å²) in [6.07, 6.45) is 2.84. The highest BCUT2D eigenvalue weighted by Crippen LogP contribution is 2.21. The quantitative estimate of drug-likeness (QED) is 0.680. The first kappa shape index (κ1) is 18.6. The summed E-state index contributed by atoms with van der Waals surface area (Å²) in [6, 6.07) is 14.2. The molecule has 2 N–H and O–H groups in total. The lowest BCUT2D eigenvalue weighted by Crippen LogP contribution is -2.17. The first-order chi connectivity index (χ1) is 12.9. The van der Waals surface area contributed by atoms with Crippen LogP contribution < -0.4 is 10.6 Å². The predicted molar refractivity (Wildman–Crippen MR) is 108 cm³/mol. The molecule has 0 fully saturated rings. The van der Waals surface area contributed by atoms with Gasteiger partial charge in [-0.05, 0) is 49.2 Å². The van der Waals surface area contributed by atoms with Crippen LogP contribution in [0.1, 0.15) is 31.8 Å². The van der Waals surface area contributed by atoms with Crippen molar-refractivity contribution in [2.75, 3.05) is 10.6 Å². The number of aryl methyl sites for hydroxylation is 2. The van der Waals surface area contributed by atoms with Crippen molar-refractivity contribution in [1.29, 1.82) is 0 Å². The van der Waals surface area contributed by atoms with Gasteiger partial charge in [-0.1, -0.05) is 35.9 Å². The highest BCUT2D eigenvalue weighted by Gasteiger charge is 2.13. The van der Waals surface area contributed by atoms with Crippen LogP contribution in [-0.2, 0) is 0 Å². The summed E-state index contributed by atoms with van der Waals surface area (Å²) >= 11 is 5.99. The molecule has 0 aliphatic carbocycles. The molecule has 0 aliphatic heterocycles. The van der Waals surface area contributed by atoms with Gasteiger partial charge in [0.1, 0.15) is 0 Å². The van der Waals surface area contributed by atoms with Gasteiger partial charge in [0, 0.05) is 28.8 Å². The minimum atomic E-state index is -0.363. The molecule has 0 spiro atoms. The van der Waals surface area contributed by atoms with E-state index in [1.807, 2.05) is 44.2 Å². The zero-order chi connectivity index (χ0) is 19.4. The van der Waals surface area contributed by atoms with Crippen molar-refractivity contribution < 1.29 is 9.59 Å². The summed E-state index contributed by atoms with van der Waals surface area (Å²) in [6.45, 7) is 3.78. The second-order valence-corrected chi connectivity index (χ2v) is 6.58. The summed E-state index contributed by atoms with van der Waals surface area (Å²) in [7, 11) is 0. The zero-order valence-corrected chi connectivity index (χ0v) is 15.7. The fraction of sp³-hybridized carbons (Fsp3) is 0.0952. The fourth-order valence-corrected chi connectivity index (χ4v) is 2.69. The van der Waals surface area contributed by atoms with E-state index in [2.05, 4.69) is 15.6 Å². The lowest BCUT2D eigenvalue weighted by molar-refractivity contribution is 0.102. The molecule has 1 aromatic heterocycles. The van der Waals surface area contributed by atoms with Gasteiger partial charge < -0.3 is 10.6 Å². The van der Waals surface area contributed by atoms with Crippen molar-refractivity contribution in [1.82, 2.24) is 4.98 Å². The standard InChI is InChI=1S/C21H18ClN3O2/c1-13-5-3-4-6-18(13)24-20(26)15-9-16(12-23-11-15)21(27)25-19-10-17(22)8-7-14(19)2/h3-12H,1-2H3,(H,24,26)(H,25,27). The fourth-order valence-electron chi connectivity index (χ4n) is 2.52. The van der Waals surface area contributed by atoms with Crippen LogP contribution in [-0.4, -0.2) is 16.8 Å². The Morgan fingerprint density at radius 2 is 1.41 bits per heavy atom. The smallest absolute Gasteiger partial charge is 0.257 e. The third-order valence-corrected chi connectivity index (χ3v) is 4.34.